The van der Waals surface area contributed by atoms with Crippen molar-refractivity contribution in [1.29, 1.82) is 0 Å². The van der Waals surface area contributed by atoms with Crippen molar-refractivity contribution < 1.29 is 18.0 Å². The van der Waals surface area contributed by atoms with Gasteiger partial charge < -0.3 is 14.7 Å². The van der Waals surface area contributed by atoms with Crippen LogP contribution in [0.15, 0.2) is 0 Å². The summed E-state index contributed by atoms with van der Waals surface area (Å²) in [5, 5.41) is 0. The fraction of sp³-hybridized carbons (Fsp3) is 0.882. The molecule has 25 heavy (non-hydrogen) atoms. The summed E-state index contributed by atoms with van der Waals surface area (Å²) in [5.41, 5.74) is 0. The van der Waals surface area contributed by atoms with E-state index in [9.17, 15) is 18.0 Å². The first-order chi connectivity index (χ1) is 11.9. The molecular formula is C17H29N3O4S. The number of sulfone groups is 1. The number of piperazine rings is 1. The van der Waals surface area contributed by atoms with Gasteiger partial charge in [0.15, 0.2) is 9.84 Å². The highest BCUT2D eigenvalue weighted by Crippen LogP contribution is 2.42. The molecule has 8 heteroatoms. The SMILES string of the molecule is CCN1CCN(C(=O)C2CC2C(=O)N(CC)C2CCS(=O)(=O)C2)CC1. The number of hydrogen-bond donors (Lipinski definition) is 0. The maximum atomic E-state index is 12.8. The van der Waals surface area contributed by atoms with Crippen LogP contribution in [0, 0.1) is 11.8 Å². The number of nitrogens with zero attached hydrogens (tertiary/aromatic N) is 3. The third kappa shape index (κ3) is 4.00. The van der Waals surface area contributed by atoms with Gasteiger partial charge in [0.1, 0.15) is 0 Å². The van der Waals surface area contributed by atoms with Crippen molar-refractivity contribution in [3.8, 4) is 0 Å². The molecule has 0 N–H and O–H groups in total. The zero-order chi connectivity index (χ0) is 18.2. The largest absolute Gasteiger partial charge is 0.340 e. The van der Waals surface area contributed by atoms with E-state index in [0.29, 0.717) is 19.4 Å². The Hall–Kier alpha value is -1.15. The van der Waals surface area contributed by atoms with Crippen molar-refractivity contribution >= 4 is 21.7 Å². The highest BCUT2D eigenvalue weighted by atomic mass is 32.2. The maximum Gasteiger partial charge on any atom is 0.226 e. The lowest BCUT2D eigenvalue weighted by molar-refractivity contribution is -0.139. The van der Waals surface area contributed by atoms with Gasteiger partial charge in [0, 0.05) is 38.8 Å². The Bertz CT molecular complexity index is 628. The topological polar surface area (TPSA) is 78.0 Å². The second kappa shape index (κ2) is 7.23. The molecule has 0 aromatic carbocycles. The summed E-state index contributed by atoms with van der Waals surface area (Å²) in [5.74, 6) is -0.153. The van der Waals surface area contributed by atoms with E-state index in [4.69, 9.17) is 0 Å². The molecule has 1 saturated carbocycles. The smallest absolute Gasteiger partial charge is 0.226 e. The van der Waals surface area contributed by atoms with Crippen molar-refractivity contribution in [2.45, 2.75) is 32.7 Å². The number of carbonyl (C=O) groups excluding carboxylic acids is 2. The van der Waals surface area contributed by atoms with Crippen LogP contribution in [-0.2, 0) is 19.4 Å². The minimum absolute atomic E-state index is 0.0323. The van der Waals surface area contributed by atoms with Crippen LogP contribution in [-0.4, -0.2) is 91.7 Å². The van der Waals surface area contributed by atoms with Gasteiger partial charge in [-0.05, 0) is 26.3 Å². The van der Waals surface area contributed by atoms with E-state index in [1.54, 1.807) is 4.90 Å². The van der Waals surface area contributed by atoms with Crippen LogP contribution in [0.3, 0.4) is 0 Å². The van der Waals surface area contributed by atoms with Gasteiger partial charge in [-0.2, -0.15) is 0 Å². The van der Waals surface area contributed by atoms with Gasteiger partial charge in [-0.15, -0.1) is 0 Å². The zero-order valence-electron chi connectivity index (χ0n) is 15.2. The van der Waals surface area contributed by atoms with Crippen LogP contribution in [0.5, 0.6) is 0 Å². The van der Waals surface area contributed by atoms with E-state index in [1.165, 1.54) is 0 Å². The van der Waals surface area contributed by atoms with Gasteiger partial charge in [-0.1, -0.05) is 6.92 Å². The summed E-state index contributed by atoms with van der Waals surface area (Å²) in [6, 6.07) is -0.216. The van der Waals surface area contributed by atoms with Crippen molar-refractivity contribution in [3.63, 3.8) is 0 Å². The number of rotatable bonds is 5. The highest BCUT2D eigenvalue weighted by molar-refractivity contribution is 7.91. The Morgan fingerprint density at radius 1 is 1.08 bits per heavy atom. The van der Waals surface area contributed by atoms with E-state index in [0.717, 1.165) is 32.7 Å². The van der Waals surface area contributed by atoms with Gasteiger partial charge in [0.25, 0.3) is 0 Å². The average molecular weight is 372 g/mol. The predicted molar refractivity (Wildman–Crippen MR) is 94.7 cm³/mol. The first-order valence-corrected chi connectivity index (χ1v) is 11.2. The monoisotopic (exact) mass is 371 g/mol. The molecule has 1 aliphatic carbocycles. The highest BCUT2D eigenvalue weighted by Gasteiger charge is 2.52. The normalized spacial score (nSPS) is 31.8. The number of likely N-dealkylation sites (N-methyl/N-ethyl adjacent to an activating group) is 1. The molecule has 7 nitrogen and oxygen atoms in total. The third-order valence-electron chi connectivity index (χ3n) is 5.83. The molecule has 0 spiro atoms. The Morgan fingerprint density at radius 2 is 1.76 bits per heavy atom. The Labute approximate surface area is 150 Å². The summed E-state index contributed by atoms with van der Waals surface area (Å²) in [6.07, 6.45) is 1.13. The first-order valence-electron chi connectivity index (χ1n) is 9.38. The Balaban J connectivity index is 1.55. The molecule has 2 saturated heterocycles. The van der Waals surface area contributed by atoms with Gasteiger partial charge in [0.05, 0.1) is 23.3 Å². The van der Waals surface area contributed by atoms with Gasteiger partial charge >= 0.3 is 0 Å². The van der Waals surface area contributed by atoms with Gasteiger partial charge in [-0.3, -0.25) is 9.59 Å². The summed E-state index contributed by atoms with van der Waals surface area (Å²) in [7, 11) is -3.02. The van der Waals surface area contributed by atoms with Gasteiger partial charge in [-0.25, -0.2) is 8.42 Å². The Kier molecular flexibility index (Phi) is 5.39. The lowest BCUT2D eigenvalue weighted by Crippen LogP contribution is -2.49. The van der Waals surface area contributed by atoms with E-state index < -0.39 is 9.84 Å². The minimum Gasteiger partial charge on any atom is -0.340 e. The van der Waals surface area contributed by atoms with E-state index in [2.05, 4.69) is 11.8 Å². The summed E-state index contributed by atoms with van der Waals surface area (Å²) < 4.78 is 23.4. The molecule has 2 aliphatic heterocycles. The summed E-state index contributed by atoms with van der Waals surface area (Å²) in [6.45, 7) is 8.78. The van der Waals surface area contributed by atoms with Gasteiger partial charge in [0.2, 0.25) is 11.8 Å². The molecule has 0 bridgehead atoms. The van der Waals surface area contributed by atoms with Crippen LogP contribution in [0.2, 0.25) is 0 Å². The molecule has 0 aromatic rings. The van der Waals surface area contributed by atoms with E-state index in [1.807, 2.05) is 11.8 Å². The molecule has 3 atom stereocenters. The fourth-order valence-electron chi connectivity index (χ4n) is 4.09. The molecule has 2 heterocycles. The lowest BCUT2D eigenvalue weighted by Gasteiger charge is -2.34. The molecule has 3 fully saturated rings. The molecule has 0 radical (unpaired) electrons. The first kappa shape index (κ1) is 18.6. The fourth-order valence-corrected chi connectivity index (χ4v) is 5.82. The van der Waals surface area contributed by atoms with Crippen molar-refractivity contribution in [1.82, 2.24) is 14.7 Å². The van der Waals surface area contributed by atoms with E-state index in [-0.39, 0.29) is 41.2 Å². The Morgan fingerprint density at radius 3 is 2.28 bits per heavy atom. The van der Waals surface area contributed by atoms with Crippen molar-refractivity contribution in [3.05, 3.63) is 0 Å². The predicted octanol–water partition coefficient (Wildman–Crippen LogP) is -0.178. The molecule has 2 amide bonds. The standard InChI is InChI=1S/C17H29N3O4S/c1-3-18-6-8-19(9-7-18)16(21)14-11-15(14)17(22)20(4-2)13-5-10-25(23,24)12-13/h13-15H,3-12H2,1-2H3. The average Bonchev–Trinajstić information content (AvgIpc) is 3.32. The number of carbonyl (C=O) groups is 2. The molecule has 0 aromatic heterocycles. The van der Waals surface area contributed by atoms with Crippen molar-refractivity contribution in [2.24, 2.45) is 11.8 Å². The third-order valence-corrected chi connectivity index (χ3v) is 7.58. The van der Waals surface area contributed by atoms with Crippen LogP contribution in [0.4, 0.5) is 0 Å². The molecule has 3 rings (SSSR count). The minimum atomic E-state index is -3.02. The van der Waals surface area contributed by atoms with Crippen LogP contribution < -0.4 is 0 Å². The summed E-state index contributed by atoms with van der Waals surface area (Å²) >= 11 is 0. The maximum absolute atomic E-state index is 12.8. The van der Waals surface area contributed by atoms with Crippen LogP contribution in [0.1, 0.15) is 26.7 Å². The van der Waals surface area contributed by atoms with Crippen LogP contribution in [0.25, 0.3) is 0 Å². The quantitative estimate of drug-likeness (QED) is 0.670. The van der Waals surface area contributed by atoms with E-state index >= 15 is 0 Å². The summed E-state index contributed by atoms with van der Waals surface area (Å²) in [4.78, 5) is 31.3. The second-order valence-corrected chi connectivity index (χ2v) is 9.62. The molecule has 142 valence electrons. The number of amides is 2. The number of hydrogen-bond acceptors (Lipinski definition) is 5. The van der Waals surface area contributed by atoms with Crippen LogP contribution >= 0.6 is 0 Å². The molecular weight excluding hydrogens is 342 g/mol. The lowest BCUT2D eigenvalue weighted by atomic mass is 10.1. The molecule has 3 unspecified atom stereocenters. The molecule has 3 aliphatic rings. The zero-order valence-corrected chi connectivity index (χ0v) is 16.0. The second-order valence-electron chi connectivity index (χ2n) is 7.39. The van der Waals surface area contributed by atoms with Crippen molar-refractivity contribution in [2.75, 3.05) is 50.8 Å².